The average Bonchev–Trinajstić information content (AvgIpc) is 2.66. The van der Waals surface area contributed by atoms with E-state index in [0.29, 0.717) is 4.48 Å². The number of amides is 2. The van der Waals surface area contributed by atoms with Gasteiger partial charge in [0.2, 0.25) is 0 Å². The summed E-state index contributed by atoms with van der Waals surface area (Å²) in [5, 5.41) is 0. The Bertz CT molecular complexity index is 339. The van der Waals surface area contributed by atoms with E-state index in [1.807, 2.05) is 0 Å². The number of nitrogens with zero attached hydrogens (tertiary/aromatic N) is 1. The summed E-state index contributed by atoms with van der Waals surface area (Å²) in [5.74, 6) is 0. The van der Waals surface area contributed by atoms with E-state index < -0.39 is 0 Å². The minimum absolute atomic E-state index is 0. The van der Waals surface area contributed by atoms with Gasteiger partial charge in [0.15, 0.2) is 0 Å². The van der Waals surface area contributed by atoms with Gasteiger partial charge in [0.25, 0.3) is 0 Å². The van der Waals surface area contributed by atoms with E-state index in [-0.39, 0.29) is 23.0 Å². The molecule has 0 bridgehead atoms. The Kier molecular flexibility index (Phi) is 23.2. The van der Waals surface area contributed by atoms with Crippen LogP contribution in [0.1, 0.15) is 130 Å². The molecule has 28 heavy (non-hydrogen) atoms. The predicted octanol–water partition coefficient (Wildman–Crippen LogP) is 4.58. The first kappa shape index (κ1) is 30.1. The van der Waals surface area contributed by atoms with Crippen LogP contribution in [0.15, 0.2) is 0 Å². The number of carbonyl (C=O) groups is 1. The molecular formula is C24H51BrN2O. The lowest BCUT2D eigenvalue weighted by atomic mass is 10.0. The zero-order valence-corrected chi connectivity index (χ0v) is 21.0. The molecule has 0 heterocycles. The Balaban J connectivity index is 0. The van der Waals surface area contributed by atoms with Crippen LogP contribution in [-0.2, 0) is 0 Å². The standard InChI is InChI=1S/C24H50N2O.BrH/c1-4-7-9-10-11-12-13-14-15-16-17-18-19-20-23-26(21-6-3,24(25)27)22-8-5-2;/h4-23H2,1-3H3,(H-,25,27);1H. The summed E-state index contributed by atoms with van der Waals surface area (Å²) in [4.78, 5) is 12.1. The molecule has 0 saturated heterocycles. The highest BCUT2D eigenvalue weighted by atomic mass is 79.9. The van der Waals surface area contributed by atoms with E-state index >= 15 is 0 Å². The van der Waals surface area contributed by atoms with Crippen LogP contribution in [0.25, 0.3) is 0 Å². The third kappa shape index (κ3) is 15.8. The number of hydrogen-bond donors (Lipinski definition) is 1. The number of unbranched alkanes of at least 4 members (excludes halogenated alkanes) is 14. The molecule has 0 radical (unpaired) electrons. The Morgan fingerprint density at radius 3 is 1.25 bits per heavy atom. The van der Waals surface area contributed by atoms with Crippen LogP contribution in [0.4, 0.5) is 4.79 Å². The van der Waals surface area contributed by atoms with Gasteiger partial charge < -0.3 is 22.7 Å². The fraction of sp³-hybridized carbons (Fsp3) is 0.958. The molecule has 4 heteroatoms. The Morgan fingerprint density at radius 1 is 0.536 bits per heavy atom. The van der Waals surface area contributed by atoms with Crippen molar-refractivity contribution in [2.75, 3.05) is 19.6 Å². The third-order valence-corrected chi connectivity index (χ3v) is 6.00. The topological polar surface area (TPSA) is 43.1 Å². The van der Waals surface area contributed by atoms with Gasteiger partial charge in [-0.15, -0.1) is 0 Å². The summed E-state index contributed by atoms with van der Waals surface area (Å²) in [7, 11) is 0. The van der Waals surface area contributed by atoms with Crippen molar-refractivity contribution in [1.82, 2.24) is 0 Å². The van der Waals surface area contributed by atoms with Crippen molar-refractivity contribution in [3.05, 3.63) is 0 Å². The predicted molar refractivity (Wildman–Crippen MR) is 120 cm³/mol. The van der Waals surface area contributed by atoms with Crippen molar-refractivity contribution in [1.29, 1.82) is 0 Å². The fourth-order valence-electron chi connectivity index (χ4n) is 4.16. The van der Waals surface area contributed by atoms with E-state index in [1.165, 1.54) is 83.5 Å². The van der Waals surface area contributed by atoms with Gasteiger partial charge in [0, 0.05) is 0 Å². The molecule has 0 rings (SSSR count). The summed E-state index contributed by atoms with van der Waals surface area (Å²) >= 11 is 0. The van der Waals surface area contributed by atoms with E-state index in [2.05, 4.69) is 20.8 Å². The molecule has 0 aromatic heterocycles. The first-order valence-electron chi connectivity index (χ1n) is 12.3. The molecule has 0 saturated carbocycles. The Labute approximate surface area is 187 Å². The molecule has 0 aromatic carbocycles. The number of halogens is 1. The van der Waals surface area contributed by atoms with Crippen molar-refractivity contribution in [3.63, 3.8) is 0 Å². The van der Waals surface area contributed by atoms with Gasteiger partial charge in [-0.3, -0.25) is 0 Å². The first-order chi connectivity index (χ1) is 13.1. The van der Waals surface area contributed by atoms with E-state index in [9.17, 15) is 4.79 Å². The van der Waals surface area contributed by atoms with Gasteiger partial charge in [0.05, 0.1) is 19.6 Å². The minimum Gasteiger partial charge on any atom is -1.00 e. The Hall–Kier alpha value is -0.0900. The zero-order chi connectivity index (χ0) is 20.2. The number of carbonyl (C=O) groups excluding carboxylic acids is 1. The number of quaternary nitrogens is 1. The molecule has 0 spiro atoms. The lowest BCUT2D eigenvalue weighted by molar-refractivity contribution is -0.850. The van der Waals surface area contributed by atoms with Crippen LogP contribution in [0, 0.1) is 0 Å². The van der Waals surface area contributed by atoms with Crippen molar-refractivity contribution in [2.24, 2.45) is 5.73 Å². The van der Waals surface area contributed by atoms with Gasteiger partial charge in [-0.05, 0) is 25.7 Å². The van der Waals surface area contributed by atoms with Gasteiger partial charge in [-0.1, -0.05) is 104 Å². The van der Waals surface area contributed by atoms with Crippen molar-refractivity contribution >= 4 is 6.03 Å². The fourth-order valence-corrected chi connectivity index (χ4v) is 4.16. The number of nitrogens with two attached hydrogens (primary N) is 1. The lowest BCUT2D eigenvalue weighted by Crippen LogP contribution is -3.00. The maximum atomic E-state index is 12.1. The van der Waals surface area contributed by atoms with Crippen molar-refractivity contribution in [3.8, 4) is 0 Å². The second-order valence-electron chi connectivity index (χ2n) is 8.60. The van der Waals surface area contributed by atoms with E-state index in [4.69, 9.17) is 5.73 Å². The second kappa shape index (κ2) is 21.6. The average molecular weight is 464 g/mol. The molecule has 2 amide bonds. The summed E-state index contributed by atoms with van der Waals surface area (Å²) in [6.07, 6.45) is 22.5. The quantitative estimate of drug-likeness (QED) is 0.209. The molecule has 0 aliphatic carbocycles. The van der Waals surface area contributed by atoms with Gasteiger partial charge >= 0.3 is 6.03 Å². The van der Waals surface area contributed by atoms with Crippen LogP contribution < -0.4 is 22.7 Å². The van der Waals surface area contributed by atoms with Crippen LogP contribution in [0.2, 0.25) is 0 Å². The number of hydrogen-bond acceptors (Lipinski definition) is 1. The second-order valence-corrected chi connectivity index (χ2v) is 8.60. The number of urea groups is 1. The van der Waals surface area contributed by atoms with Crippen LogP contribution in [0.5, 0.6) is 0 Å². The molecule has 0 fully saturated rings. The van der Waals surface area contributed by atoms with Gasteiger partial charge in [-0.2, -0.15) is 0 Å². The zero-order valence-electron chi connectivity index (χ0n) is 19.5. The molecule has 170 valence electrons. The van der Waals surface area contributed by atoms with E-state index in [0.717, 1.165) is 45.3 Å². The number of primary amides is 1. The largest absolute Gasteiger partial charge is 1.00 e. The molecule has 3 nitrogen and oxygen atoms in total. The highest BCUT2D eigenvalue weighted by Crippen LogP contribution is 2.16. The number of rotatable bonds is 20. The molecule has 0 aromatic rings. The maximum Gasteiger partial charge on any atom is 0.414 e. The lowest BCUT2D eigenvalue weighted by Gasteiger charge is -2.34. The van der Waals surface area contributed by atoms with Crippen LogP contribution in [0.3, 0.4) is 0 Å². The SMILES string of the molecule is CCCCCCCCCCCCCCCC[N+](CCC)(CCCC)C(N)=O.[Br-]. The third-order valence-electron chi connectivity index (χ3n) is 6.00. The first-order valence-corrected chi connectivity index (χ1v) is 12.3. The summed E-state index contributed by atoms with van der Waals surface area (Å²) in [5.41, 5.74) is 5.79. The molecule has 0 aliphatic heterocycles. The molecule has 1 atom stereocenters. The smallest absolute Gasteiger partial charge is 0.414 e. The van der Waals surface area contributed by atoms with Crippen molar-refractivity contribution in [2.45, 2.75) is 130 Å². The van der Waals surface area contributed by atoms with Crippen LogP contribution in [-0.4, -0.2) is 30.1 Å². The summed E-state index contributed by atoms with van der Waals surface area (Å²) < 4.78 is 0.516. The Morgan fingerprint density at radius 2 is 0.893 bits per heavy atom. The molecule has 1 unspecified atom stereocenters. The maximum absolute atomic E-state index is 12.1. The van der Waals surface area contributed by atoms with Crippen molar-refractivity contribution < 1.29 is 26.3 Å². The highest BCUT2D eigenvalue weighted by molar-refractivity contribution is 5.64. The van der Waals surface area contributed by atoms with Crippen LogP contribution >= 0.6 is 0 Å². The highest BCUT2D eigenvalue weighted by Gasteiger charge is 2.32. The molecule has 0 aliphatic rings. The van der Waals surface area contributed by atoms with E-state index in [1.54, 1.807) is 0 Å². The summed E-state index contributed by atoms with van der Waals surface area (Å²) in [6, 6.07) is -0.111. The summed E-state index contributed by atoms with van der Waals surface area (Å²) in [6.45, 7) is 9.42. The van der Waals surface area contributed by atoms with Gasteiger partial charge in [-0.25, -0.2) is 9.28 Å². The normalized spacial score (nSPS) is 13.1. The molecular weight excluding hydrogens is 412 g/mol. The minimum atomic E-state index is -0.111. The molecule has 2 N–H and O–H groups in total. The van der Waals surface area contributed by atoms with Gasteiger partial charge in [0.1, 0.15) is 0 Å². The monoisotopic (exact) mass is 462 g/mol.